The second-order valence-electron chi connectivity index (χ2n) is 6.42. The average molecular weight is 387 g/mol. The summed E-state index contributed by atoms with van der Waals surface area (Å²) >= 11 is 0. The van der Waals surface area contributed by atoms with Gasteiger partial charge in [0.1, 0.15) is 11.5 Å². The zero-order valence-electron chi connectivity index (χ0n) is 16.7. The lowest BCUT2D eigenvalue weighted by molar-refractivity contribution is -0.115. The van der Waals surface area contributed by atoms with Crippen molar-refractivity contribution in [2.24, 2.45) is 0 Å². The third-order valence-corrected chi connectivity index (χ3v) is 4.47. The summed E-state index contributed by atoms with van der Waals surface area (Å²) in [5, 5.41) is 3.03. The number of hydrogen-bond acceptors (Lipinski definition) is 3. The molecule has 148 valence electrons. The number of rotatable bonds is 8. The van der Waals surface area contributed by atoms with Gasteiger partial charge in [0, 0.05) is 17.7 Å². The zero-order valence-corrected chi connectivity index (χ0v) is 16.7. The lowest BCUT2D eigenvalue weighted by Crippen LogP contribution is -2.24. The Balaban J connectivity index is 1.84. The molecule has 0 aliphatic rings. The summed E-state index contributed by atoms with van der Waals surface area (Å²) in [4.78, 5) is 13.1. The molecule has 0 spiro atoms. The normalized spacial score (nSPS) is 11.0. The molecule has 0 heterocycles. The van der Waals surface area contributed by atoms with Crippen LogP contribution in [-0.4, -0.2) is 19.6 Å². The highest BCUT2D eigenvalue weighted by Gasteiger charge is 2.13. The first kappa shape index (κ1) is 20.2. The predicted octanol–water partition coefficient (Wildman–Crippen LogP) is 4.95. The minimum absolute atomic E-state index is 0.140. The predicted molar refractivity (Wildman–Crippen MR) is 117 cm³/mol. The maximum Gasteiger partial charge on any atom is 0.252 e. The van der Waals surface area contributed by atoms with Gasteiger partial charge in [-0.15, -0.1) is 0 Å². The molecular formula is C25H25NO3. The minimum Gasteiger partial charge on any atom is -0.497 e. The first-order chi connectivity index (χ1) is 14.2. The standard InChI is InChI=1S/C25H25NO3/c1-3-29-24-12-8-7-11-21(24)18-26-25(27)23(20-9-5-4-6-10-20)17-19-13-15-22(28-2)16-14-19/h4-17H,3,18H2,1-2H3,(H,26,27)/b23-17+. The van der Waals surface area contributed by atoms with Gasteiger partial charge in [0.2, 0.25) is 0 Å². The van der Waals surface area contributed by atoms with Crippen LogP contribution in [0.1, 0.15) is 23.6 Å². The van der Waals surface area contributed by atoms with E-state index in [1.807, 2.05) is 91.9 Å². The van der Waals surface area contributed by atoms with Crippen LogP contribution < -0.4 is 14.8 Å². The molecule has 0 unspecified atom stereocenters. The Bertz CT molecular complexity index is 963. The number of hydrogen-bond donors (Lipinski definition) is 1. The first-order valence-electron chi connectivity index (χ1n) is 9.61. The summed E-state index contributed by atoms with van der Waals surface area (Å²) in [5.41, 5.74) is 3.33. The first-order valence-corrected chi connectivity index (χ1v) is 9.61. The molecule has 0 aliphatic heterocycles. The van der Waals surface area contributed by atoms with Crippen molar-refractivity contribution in [3.8, 4) is 11.5 Å². The molecule has 3 aromatic rings. The van der Waals surface area contributed by atoms with E-state index in [2.05, 4.69) is 5.32 Å². The van der Waals surface area contributed by atoms with E-state index < -0.39 is 0 Å². The van der Waals surface area contributed by atoms with Crippen LogP contribution in [0.15, 0.2) is 78.9 Å². The van der Waals surface area contributed by atoms with Gasteiger partial charge < -0.3 is 14.8 Å². The lowest BCUT2D eigenvalue weighted by Gasteiger charge is -2.13. The van der Waals surface area contributed by atoms with Crippen molar-refractivity contribution in [1.29, 1.82) is 0 Å². The lowest BCUT2D eigenvalue weighted by atomic mass is 10.0. The molecule has 3 rings (SSSR count). The van der Waals surface area contributed by atoms with Crippen LogP contribution >= 0.6 is 0 Å². The van der Waals surface area contributed by atoms with Gasteiger partial charge in [-0.1, -0.05) is 60.7 Å². The average Bonchev–Trinajstić information content (AvgIpc) is 2.78. The van der Waals surface area contributed by atoms with E-state index in [0.29, 0.717) is 18.7 Å². The van der Waals surface area contributed by atoms with Crippen molar-refractivity contribution in [3.05, 3.63) is 95.6 Å². The smallest absolute Gasteiger partial charge is 0.252 e. The SMILES string of the molecule is CCOc1ccccc1CNC(=O)/C(=C/c1ccc(OC)cc1)c1ccccc1. The van der Waals surface area contributed by atoms with Crippen molar-refractivity contribution in [2.45, 2.75) is 13.5 Å². The molecule has 0 aromatic heterocycles. The van der Waals surface area contributed by atoms with E-state index in [1.54, 1.807) is 7.11 Å². The van der Waals surface area contributed by atoms with E-state index in [1.165, 1.54) is 0 Å². The van der Waals surface area contributed by atoms with Crippen LogP contribution in [0.5, 0.6) is 11.5 Å². The molecule has 4 heteroatoms. The van der Waals surface area contributed by atoms with Crippen LogP contribution in [0.4, 0.5) is 0 Å². The van der Waals surface area contributed by atoms with E-state index in [-0.39, 0.29) is 5.91 Å². The summed E-state index contributed by atoms with van der Waals surface area (Å²) in [5.74, 6) is 1.43. The number of methoxy groups -OCH3 is 1. The Labute approximate surface area is 171 Å². The highest BCUT2D eigenvalue weighted by molar-refractivity contribution is 6.24. The molecule has 0 atom stereocenters. The highest BCUT2D eigenvalue weighted by Crippen LogP contribution is 2.22. The van der Waals surface area contributed by atoms with Gasteiger partial charge in [-0.3, -0.25) is 4.79 Å². The van der Waals surface area contributed by atoms with E-state index in [4.69, 9.17) is 9.47 Å². The molecule has 0 saturated heterocycles. The van der Waals surface area contributed by atoms with Gasteiger partial charge in [0.15, 0.2) is 0 Å². The van der Waals surface area contributed by atoms with Gasteiger partial charge in [0.25, 0.3) is 5.91 Å². The maximum absolute atomic E-state index is 13.1. The molecule has 0 saturated carbocycles. The van der Waals surface area contributed by atoms with Gasteiger partial charge in [0.05, 0.1) is 13.7 Å². The second kappa shape index (κ2) is 10.1. The van der Waals surface area contributed by atoms with Crippen molar-refractivity contribution in [3.63, 3.8) is 0 Å². The largest absolute Gasteiger partial charge is 0.497 e. The summed E-state index contributed by atoms with van der Waals surface area (Å²) in [6, 6.07) is 25.0. The van der Waals surface area contributed by atoms with E-state index >= 15 is 0 Å². The fraction of sp³-hybridized carbons (Fsp3) is 0.160. The third kappa shape index (κ3) is 5.48. The highest BCUT2D eigenvalue weighted by atomic mass is 16.5. The topological polar surface area (TPSA) is 47.6 Å². The fourth-order valence-electron chi connectivity index (χ4n) is 2.98. The monoisotopic (exact) mass is 387 g/mol. The molecule has 0 bridgehead atoms. The van der Waals surface area contributed by atoms with Crippen LogP contribution in [0.2, 0.25) is 0 Å². The van der Waals surface area contributed by atoms with E-state index in [0.717, 1.165) is 28.2 Å². The molecule has 0 aliphatic carbocycles. The Kier molecular flexibility index (Phi) is 7.06. The number of carbonyl (C=O) groups excluding carboxylic acids is 1. The minimum atomic E-state index is -0.140. The van der Waals surface area contributed by atoms with Crippen LogP contribution in [0.3, 0.4) is 0 Å². The van der Waals surface area contributed by atoms with Gasteiger partial charge in [-0.25, -0.2) is 0 Å². The molecular weight excluding hydrogens is 362 g/mol. The fourth-order valence-corrected chi connectivity index (χ4v) is 2.98. The molecule has 3 aromatic carbocycles. The quantitative estimate of drug-likeness (QED) is 0.439. The zero-order chi connectivity index (χ0) is 20.5. The molecule has 0 fully saturated rings. The summed E-state index contributed by atoms with van der Waals surface area (Å²) in [7, 11) is 1.63. The Morgan fingerprint density at radius 3 is 2.31 bits per heavy atom. The van der Waals surface area contributed by atoms with Gasteiger partial charge in [-0.2, -0.15) is 0 Å². The third-order valence-electron chi connectivity index (χ3n) is 4.47. The van der Waals surface area contributed by atoms with Gasteiger partial charge >= 0.3 is 0 Å². The molecule has 1 amide bonds. The van der Waals surface area contributed by atoms with Crippen molar-refractivity contribution in [1.82, 2.24) is 5.32 Å². The number of carbonyl (C=O) groups is 1. The second-order valence-corrected chi connectivity index (χ2v) is 6.42. The number of para-hydroxylation sites is 1. The molecule has 1 N–H and O–H groups in total. The molecule has 0 radical (unpaired) electrons. The van der Waals surface area contributed by atoms with E-state index in [9.17, 15) is 4.79 Å². The van der Waals surface area contributed by atoms with Crippen LogP contribution in [0, 0.1) is 0 Å². The summed E-state index contributed by atoms with van der Waals surface area (Å²) in [6.45, 7) is 2.92. The maximum atomic E-state index is 13.1. The van der Waals surface area contributed by atoms with Gasteiger partial charge in [-0.05, 0) is 42.3 Å². The number of nitrogens with one attached hydrogen (secondary N) is 1. The number of ether oxygens (including phenoxy) is 2. The Morgan fingerprint density at radius 2 is 1.62 bits per heavy atom. The Hall–Kier alpha value is -3.53. The molecule has 29 heavy (non-hydrogen) atoms. The summed E-state index contributed by atoms with van der Waals surface area (Å²) < 4.78 is 10.9. The van der Waals surface area contributed by atoms with Crippen molar-refractivity contribution < 1.29 is 14.3 Å². The van der Waals surface area contributed by atoms with Crippen LogP contribution in [0.25, 0.3) is 11.6 Å². The molecule has 4 nitrogen and oxygen atoms in total. The number of benzene rings is 3. The number of amides is 1. The van der Waals surface area contributed by atoms with Crippen LogP contribution in [-0.2, 0) is 11.3 Å². The van der Waals surface area contributed by atoms with Crippen molar-refractivity contribution >= 4 is 17.6 Å². The van der Waals surface area contributed by atoms with Crippen molar-refractivity contribution in [2.75, 3.05) is 13.7 Å². The Morgan fingerprint density at radius 1 is 0.931 bits per heavy atom. The summed E-state index contributed by atoms with van der Waals surface area (Å²) in [6.07, 6.45) is 1.89.